The fourth-order valence-electron chi connectivity index (χ4n) is 2.07. The van der Waals surface area contributed by atoms with E-state index in [0.717, 1.165) is 6.42 Å². The van der Waals surface area contributed by atoms with E-state index in [9.17, 15) is 9.59 Å². The standard InChI is InChI=1S/C14H12ClN3O2S.ClH/c15-9-3-1-4-10(7-9)17-13(20)11-8-12(19)18-6-2-5-16-14(18)21-11;/h1,3-4,7-8H,2,5-6H2,(H,17,20);1H. The summed E-state index contributed by atoms with van der Waals surface area (Å²) < 4.78 is 0. The maximum Gasteiger partial charge on any atom is 0.262 e. The molecule has 0 aliphatic carbocycles. The van der Waals surface area contributed by atoms with E-state index in [4.69, 9.17) is 11.6 Å². The number of fused-ring (bicyclic) bond motifs is 1. The van der Waals surface area contributed by atoms with Gasteiger partial charge in [-0.05, 0) is 36.4 Å². The highest BCUT2D eigenvalue weighted by atomic mass is 35.5. The lowest BCUT2D eigenvalue weighted by Crippen LogP contribution is -2.41. The second-order valence-corrected chi connectivity index (χ2v) is 6.03. The van der Waals surface area contributed by atoms with E-state index in [1.807, 2.05) is 0 Å². The number of hydrogen-bond donors (Lipinski definition) is 1. The molecule has 0 saturated heterocycles. The Hall–Kier alpha value is -1.50. The second-order valence-electron chi connectivity index (χ2n) is 4.58. The van der Waals surface area contributed by atoms with Crippen LogP contribution < -0.4 is 5.32 Å². The predicted octanol–water partition coefficient (Wildman–Crippen LogP) is 2.92. The lowest BCUT2D eigenvalue weighted by molar-refractivity contribution is -0.123. The third kappa shape index (κ3) is 3.63. The molecule has 1 aromatic rings. The van der Waals surface area contributed by atoms with Gasteiger partial charge in [-0.15, -0.1) is 12.4 Å². The van der Waals surface area contributed by atoms with Gasteiger partial charge in [0.2, 0.25) is 0 Å². The Kier molecular flexibility index (Phi) is 5.50. The van der Waals surface area contributed by atoms with Crippen LogP contribution in [0.1, 0.15) is 6.42 Å². The number of halogens is 2. The molecule has 2 aliphatic heterocycles. The summed E-state index contributed by atoms with van der Waals surface area (Å²) in [4.78, 5) is 30.5. The first-order valence-corrected chi connectivity index (χ1v) is 7.65. The maximum atomic E-state index is 12.2. The van der Waals surface area contributed by atoms with Gasteiger partial charge < -0.3 is 5.32 Å². The van der Waals surface area contributed by atoms with E-state index in [0.29, 0.717) is 33.9 Å². The fraction of sp³-hybridized carbons (Fsp3) is 0.214. The first-order chi connectivity index (χ1) is 10.1. The van der Waals surface area contributed by atoms with Crippen molar-refractivity contribution in [3.8, 4) is 0 Å². The lowest BCUT2D eigenvalue weighted by atomic mass is 10.3. The van der Waals surface area contributed by atoms with Gasteiger partial charge >= 0.3 is 0 Å². The van der Waals surface area contributed by atoms with E-state index < -0.39 is 0 Å². The van der Waals surface area contributed by atoms with Crippen molar-refractivity contribution in [2.75, 3.05) is 18.4 Å². The molecule has 116 valence electrons. The minimum Gasteiger partial charge on any atom is -0.321 e. The number of rotatable bonds is 2. The Morgan fingerprint density at radius 3 is 3.00 bits per heavy atom. The van der Waals surface area contributed by atoms with Crippen LogP contribution in [0.5, 0.6) is 0 Å². The van der Waals surface area contributed by atoms with Crippen LogP contribution in [0.3, 0.4) is 0 Å². The molecule has 22 heavy (non-hydrogen) atoms. The lowest BCUT2D eigenvalue weighted by Gasteiger charge is -2.29. The summed E-state index contributed by atoms with van der Waals surface area (Å²) in [6.07, 6.45) is 2.21. The zero-order valence-electron chi connectivity index (χ0n) is 11.4. The fourth-order valence-corrected chi connectivity index (χ4v) is 3.20. The molecule has 0 unspecified atom stereocenters. The van der Waals surface area contributed by atoms with Crippen LogP contribution in [-0.4, -0.2) is 35.0 Å². The maximum absolute atomic E-state index is 12.2. The number of amidine groups is 1. The van der Waals surface area contributed by atoms with Crippen molar-refractivity contribution < 1.29 is 9.59 Å². The van der Waals surface area contributed by atoms with E-state index >= 15 is 0 Å². The number of nitrogens with one attached hydrogen (secondary N) is 1. The number of carbonyl (C=O) groups is 2. The van der Waals surface area contributed by atoms with Crippen molar-refractivity contribution in [3.05, 3.63) is 40.3 Å². The highest BCUT2D eigenvalue weighted by molar-refractivity contribution is 8.18. The average molecular weight is 358 g/mol. The van der Waals surface area contributed by atoms with Crippen LogP contribution in [0.15, 0.2) is 40.2 Å². The molecular weight excluding hydrogens is 345 g/mol. The Morgan fingerprint density at radius 1 is 1.41 bits per heavy atom. The van der Waals surface area contributed by atoms with Crippen LogP contribution in [-0.2, 0) is 9.59 Å². The van der Waals surface area contributed by atoms with Crippen LogP contribution in [0.25, 0.3) is 0 Å². The minimum atomic E-state index is -0.330. The average Bonchev–Trinajstić information content (AvgIpc) is 2.47. The number of aliphatic imine (C=N–C) groups is 1. The zero-order valence-corrected chi connectivity index (χ0v) is 13.8. The Bertz CT molecular complexity index is 676. The van der Waals surface area contributed by atoms with Crippen molar-refractivity contribution in [1.29, 1.82) is 0 Å². The zero-order chi connectivity index (χ0) is 14.8. The Labute approximate surface area is 143 Å². The molecule has 8 heteroatoms. The monoisotopic (exact) mass is 357 g/mol. The first-order valence-electron chi connectivity index (χ1n) is 6.46. The smallest absolute Gasteiger partial charge is 0.262 e. The highest BCUT2D eigenvalue weighted by Gasteiger charge is 2.30. The van der Waals surface area contributed by atoms with Crippen LogP contribution in [0.4, 0.5) is 5.69 Å². The number of benzene rings is 1. The molecule has 0 aromatic heterocycles. The SMILES string of the molecule is Cl.O=C(Nc1cccc(Cl)c1)C1=CC(=O)N2CCCN=C2S1. The summed E-state index contributed by atoms with van der Waals surface area (Å²) in [5.74, 6) is -0.521. The van der Waals surface area contributed by atoms with Gasteiger partial charge in [-0.2, -0.15) is 0 Å². The van der Waals surface area contributed by atoms with E-state index in [1.165, 1.54) is 17.8 Å². The molecule has 0 atom stereocenters. The predicted molar refractivity (Wildman–Crippen MR) is 91.6 cm³/mol. The van der Waals surface area contributed by atoms with Gasteiger partial charge in [-0.1, -0.05) is 17.7 Å². The van der Waals surface area contributed by atoms with Gasteiger partial charge in [0, 0.05) is 29.9 Å². The van der Waals surface area contributed by atoms with Crippen molar-refractivity contribution in [3.63, 3.8) is 0 Å². The van der Waals surface area contributed by atoms with E-state index in [-0.39, 0.29) is 24.2 Å². The van der Waals surface area contributed by atoms with Crippen molar-refractivity contribution in [2.24, 2.45) is 4.99 Å². The summed E-state index contributed by atoms with van der Waals surface area (Å²) >= 11 is 7.10. The molecule has 0 saturated carbocycles. The quantitative estimate of drug-likeness (QED) is 0.884. The third-order valence-corrected chi connectivity index (χ3v) is 4.34. The largest absolute Gasteiger partial charge is 0.321 e. The number of thioether (sulfide) groups is 1. The molecule has 2 amide bonds. The summed E-state index contributed by atoms with van der Waals surface area (Å²) in [6, 6.07) is 6.87. The summed E-state index contributed by atoms with van der Waals surface area (Å²) in [5, 5.41) is 3.87. The summed E-state index contributed by atoms with van der Waals surface area (Å²) in [7, 11) is 0. The number of anilines is 1. The van der Waals surface area contributed by atoms with Gasteiger partial charge in [0.1, 0.15) is 0 Å². The van der Waals surface area contributed by atoms with Crippen molar-refractivity contribution in [1.82, 2.24) is 4.90 Å². The van der Waals surface area contributed by atoms with Crippen molar-refractivity contribution >= 4 is 58.4 Å². The van der Waals surface area contributed by atoms with Gasteiger partial charge in [0.15, 0.2) is 5.17 Å². The van der Waals surface area contributed by atoms with Crippen LogP contribution in [0.2, 0.25) is 5.02 Å². The molecule has 1 N–H and O–H groups in total. The van der Waals surface area contributed by atoms with E-state index in [2.05, 4.69) is 10.3 Å². The van der Waals surface area contributed by atoms with E-state index in [1.54, 1.807) is 29.2 Å². The molecule has 5 nitrogen and oxygen atoms in total. The molecule has 0 radical (unpaired) electrons. The molecule has 3 rings (SSSR count). The number of carbonyl (C=O) groups excluding carboxylic acids is 2. The molecule has 2 aliphatic rings. The molecule has 0 fully saturated rings. The number of hydrogen-bond acceptors (Lipinski definition) is 4. The molecular formula is C14H13Cl2N3O2S. The normalized spacial score (nSPS) is 17.0. The van der Waals surface area contributed by atoms with Gasteiger partial charge in [-0.3, -0.25) is 19.5 Å². The summed E-state index contributed by atoms with van der Waals surface area (Å²) in [5.41, 5.74) is 0.592. The number of nitrogens with zero attached hydrogens (tertiary/aromatic N) is 2. The molecule has 1 aromatic carbocycles. The third-order valence-electron chi connectivity index (χ3n) is 3.05. The Balaban J connectivity index is 0.00000176. The topological polar surface area (TPSA) is 61.8 Å². The van der Waals surface area contributed by atoms with Crippen LogP contribution in [0, 0.1) is 0 Å². The first kappa shape index (κ1) is 16.9. The van der Waals surface area contributed by atoms with Gasteiger partial charge in [0.25, 0.3) is 11.8 Å². The number of amides is 2. The molecule has 2 heterocycles. The molecule has 0 spiro atoms. The highest BCUT2D eigenvalue weighted by Crippen LogP contribution is 2.29. The molecule has 0 bridgehead atoms. The second kappa shape index (κ2) is 7.17. The van der Waals surface area contributed by atoms with Gasteiger partial charge in [-0.25, -0.2) is 0 Å². The Morgan fingerprint density at radius 2 is 2.23 bits per heavy atom. The van der Waals surface area contributed by atoms with Crippen LogP contribution >= 0.6 is 35.8 Å². The van der Waals surface area contributed by atoms with Crippen molar-refractivity contribution in [2.45, 2.75) is 6.42 Å². The minimum absolute atomic E-state index is 0. The summed E-state index contributed by atoms with van der Waals surface area (Å²) in [6.45, 7) is 1.35. The van der Waals surface area contributed by atoms with Gasteiger partial charge in [0.05, 0.1) is 4.91 Å².